The molecule has 8 nitrogen and oxygen atoms in total. The second kappa shape index (κ2) is 7.46. The number of carbonyl (C=O) groups excluding carboxylic acids is 1. The Morgan fingerprint density at radius 1 is 1.21 bits per heavy atom. The molecule has 1 atom stereocenters. The summed E-state index contributed by atoms with van der Waals surface area (Å²) in [6.45, 7) is 1.77. The van der Waals surface area contributed by atoms with Crippen LogP contribution in [0.5, 0.6) is 0 Å². The van der Waals surface area contributed by atoms with Crippen molar-refractivity contribution >= 4 is 17.9 Å². The summed E-state index contributed by atoms with van der Waals surface area (Å²) < 4.78 is 7.33. The van der Waals surface area contributed by atoms with Crippen LogP contribution in [0.1, 0.15) is 61.0 Å². The number of benzene rings is 1. The minimum atomic E-state index is -1.06. The van der Waals surface area contributed by atoms with Crippen LogP contribution in [0, 0.1) is 0 Å². The third kappa shape index (κ3) is 3.26. The molecule has 146 valence electrons. The quantitative estimate of drug-likeness (QED) is 0.782. The van der Waals surface area contributed by atoms with E-state index in [1.807, 2.05) is 0 Å². The van der Waals surface area contributed by atoms with Crippen LogP contribution in [0.15, 0.2) is 41.9 Å². The highest BCUT2D eigenvalue weighted by Gasteiger charge is 2.37. The lowest BCUT2D eigenvalue weighted by Crippen LogP contribution is -2.32. The third-order valence-electron chi connectivity index (χ3n) is 5.33. The maximum absolute atomic E-state index is 13.1. The van der Waals surface area contributed by atoms with Gasteiger partial charge in [-0.25, -0.2) is 14.3 Å². The molecule has 0 radical (unpaired) electrons. The summed E-state index contributed by atoms with van der Waals surface area (Å²) in [6.07, 6.45) is 6.25. The molecule has 1 aliphatic carbocycles. The van der Waals surface area contributed by atoms with Crippen LogP contribution in [0.4, 0.5) is 5.95 Å². The van der Waals surface area contributed by atoms with Gasteiger partial charge in [-0.2, -0.15) is 10.1 Å². The number of nitrogens with zero attached hydrogens (tertiary/aromatic N) is 3. The number of hydrogen-bond acceptors (Lipinski definition) is 6. The molecule has 0 spiro atoms. The molecule has 4 rings (SSSR count). The minimum absolute atomic E-state index is 0.103. The van der Waals surface area contributed by atoms with E-state index in [2.05, 4.69) is 15.4 Å². The van der Waals surface area contributed by atoms with E-state index in [1.54, 1.807) is 25.1 Å². The summed E-state index contributed by atoms with van der Waals surface area (Å²) in [5.74, 6) is -1.05. The number of fused-ring (bicyclic) bond motifs is 1. The van der Waals surface area contributed by atoms with Gasteiger partial charge in [0.05, 0.1) is 11.1 Å². The first-order valence-corrected chi connectivity index (χ1v) is 9.46. The lowest BCUT2D eigenvalue weighted by molar-refractivity contribution is -0.146. The fourth-order valence-electron chi connectivity index (χ4n) is 3.97. The van der Waals surface area contributed by atoms with E-state index in [0.29, 0.717) is 22.8 Å². The normalized spacial score (nSPS) is 19.7. The van der Waals surface area contributed by atoms with Gasteiger partial charge in [-0.15, -0.1) is 0 Å². The Kier molecular flexibility index (Phi) is 4.85. The number of nitrogens with one attached hydrogen (secondary N) is 1. The maximum atomic E-state index is 13.1. The number of carbonyl (C=O) groups is 2. The van der Waals surface area contributed by atoms with Crippen LogP contribution < -0.4 is 5.32 Å². The van der Waals surface area contributed by atoms with Gasteiger partial charge in [0.1, 0.15) is 18.5 Å². The monoisotopic (exact) mass is 382 g/mol. The summed E-state index contributed by atoms with van der Waals surface area (Å²) in [4.78, 5) is 29.1. The topological polar surface area (TPSA) is 106 Å². The molecule has 2 aromatic rings. The lowest BCUT2D eigenvalue weighted by Gasteiger charge is -2.30. The number of aromatic carboxylic acids is 1. The zero-order valence-corrected chi connectivity index (χ0v) is 15.6. The molecule has 2 N–H and O–H groups in total. The van der Waals surface area contributed by atoms with Gasteiger partial charge in [0.25, 0.3) is 0 Å². The van der Waals surface area contributed by atoms with Gasteiger partial charge < -0.3 is 15.2 Å². The smallest absolute Gasteiger partial charge is 0.338 e. The number of allylic oxidation sites excluding steroid dienone is 1. The van der Waals surface area contributed by atoms with Crippen LogP contribution in [0.3, 0.4) is 0 Å². The Labute approximate surface area is 162 Å². The van der Waals surface area contributed by atoms with Crippen molar-refractivity contribution in [1.29, 1.82) is 0 Å². The molecule has 1 unspecified atom stereocenters. The molecule has 8 heteroatoms. The van der Waals surface area contributed by atoms with E-state index in [-0.39, 0.29) is 11.7 Å². The van der Waals surface area contributed by atoms with Crippen molar-refractivity contribution < 1.29 is 19.4 Å². The first-order chi connectivity index (χ1) is 13.6. The van der Waals surface area contributed by atoms with Gasteiger partial charge in [0.2, 0.25) is 5.95 Å². The van der Waals surface area contributed by atoms with Crippen LogP contribution in [0.2, 0.25) is 0 Å². The van der Waals surface area contributed by atoms with E-state index >= 15 is 0 Å². The number of rotatable bonds is 4. The molecule has 0 saturated heterocycles. The van der Waals surface area contributed by atoms with Gasteiger partial charge in [-0.05, 0) is 44.2 Å². The molecule has 1 aromatic carbocycles. The SMILES string of the molecule is CC1=C(C(=O)OC2CCCCC2)C(c2ccccc2C(=O)O)n2ncnc2N1. The molecule has 1 aromatic heterocycles. The minimum Gasteiger partial charge on any atom is -0.478 e. The van der Waals surface area contributed by atoms with Crippen molar-refractivity contribution in [3.63, 3.8) is 0 Å². The molecule has 0 amide bonds. The zero-order chi connectivity index (χ0) is 19.7. The van der Waals surface area contributed by atoms with Crippen molar-refractivity contribution in [2.24, 2.45) is 0 Å². The van der Waals surface area contributed by atoms with E-state index < -0.39 is 18.0 Å². The second-order valence-corrected chi connectivity index (χ2v) is 7.15. The highest BCUT2D eigenvalue weighted by molar-refractivity contribution is 5.95. The average Bonchev–Trinajstić information content (AvgIpc) is 3.15. The van der Waals surface area contributed by atoms with Crippen molar-refractivity contribution in [3.8, 4) is 0 Å². The number of carboxylic acids is 1. The first kappa shape index (κ1) is 18.2. The number of carboxylic acid groups (broad SMARTS) is 1. The van der Waals surface area contributed by atoms with Crippen LogP contribution in [0.25, 0.3) is 0 Å². The molecular formula is C20H22N4O4. The van der Waals surface area contributed by atoms with Crippen molar-refractivity contribution in [2.45, 2.75) is 51.2 Å². The number of aromatic nitrogens is 3. The molecule has 2 heterocycles. The van der Waals surface area contributed by atoms with Gasteiger partial charge in [0.15, 0.2) is 0 Å². The fourth-order valence-corrected chi connectivity index (χ4v) is 3.97. The Balaban J connectivity index is 1.77. The third-order valence-corrected chi connectivity index (χ3v) is 5.33. The predicted molar refractivity (Wildman–Crippen MR) is 101 cm³/mol. The number of anilines is 1. The highest BCUT2D eigenvalue weighted by Crippen LogP contribution is 2.37. The van der Waals surface area contributed by atoms with E-state index in [0.717, 1.165) is 32.1 Å². The van der Waals surface area contributed by atoms with Gasteiger partial charge >= 0.3 is 11.9 Å². The molecular weight excluding hydrogens is 360 g/mol. The van der Waals surface area contributed by atoms with Crippen molar-refractivity contribution in [2.75, 3.05) is 5.32 Å². The Morgan fingerprint density at radius 3 is 2.71 bits per heavy atom. The number of esters is 1. The Hall–Kier alpha value is -3.16. The van der Waals surface area contributed by atoms with Crippen molar-refractivity contribution in [1.82, 2.24) is 14.8 Å². The summed E-state index contributed by atoms with van der Waals surface area (Å²) in [6, 6.07) is 5.91. The number of hydrogen-bond donors (Lipinski definition) is 2. The van der Waals surface area contributed by atoms with Crippen LogP contribution in [-0.2, 0) is 9.53 Å². The van der Waals surface area contributed by atoms with E-state index in [1.165, 1.54) is 17.1 Å². The highest BCUT2D eigenvalue weighted by atomic mass is 16.5. The first-order valence-electron chi connectivity index (χ1n) is 9.46. The zero-order valence-electron chi connectivity index (χ0n) is 15.6. The van der Waals surface area contributed by atoms with Crippen molar-refractivity contribution in [3.05, 3.63) is 53.0 Å². The second-order valence-electron chi connectivity index (χ2n) is 7.15. The Bertz CT molecular complexity index is 943. The van der Waals surface area contributed by atoms with E-state index in [9.17, 15) is 14.7 Å². The summed E-state index contributed by atoms with van der Waals surface area (Å²) in [5, 5.41) is 17.0. The molecule has 1 aliphatic heterocycles. The molecule has 1 saturated carbocycles. The summed E-state index contributed by atoms with van der Waals surface area (Å²) >= 11 is 0. The van der Waals surface area contributed by atoms with E-state index in [4.69, 9.17) is 4.74 Å². The predicted octanol–water partition coefficient (Wildman–Crippen LogP) is 3.14. The Morgan fingerprint density at radius 2 is 1.96 bits per heavy atom. The molecule has 1 fully saturated rings. The lowest BCUT2D eigenvalue weighted by atomic mass is 9.91. The largest absolute Gasteiger partial charge is 0.478 e. The summed E-state index contributed by atoms with van der Waals surface area (Å²) in [5.41, 5.74) is 1.54. The summed E-state index contributed by atoms with van der Waals surface area (Å²) in [7, 11) is 0. The average molecular weight is 382 g/mol. The molecule has 0 bridgehead atoms. The van der Waals surface area contributed by atoms with Crippen LogP contribution in [-0.4, -0.2) is 37.9 Å². The molecule has 28 heavy (non-hydrogen) atoms. The van der Waals surface area contributed by atoms with Gasteiger partial charge in [-0.1, -0.05) is 24.6 Å². The number of ether oxygens (including phenoxy) is 1. The maximum Gasteiger partial charge on any atom is 0.338 e. The standard InChI is InChI=1S/C20H22N4O4/c1-12-16(19(27)28-13-7-3-2-4-8-13)17(24-20(23-12)21-11-22-24)14-9-5-6-10-15(14)18(25)26/h5-6,9-11,13,17H,2-4,7-8H2,1H3,(H,25,26)(H,21,22,23). The molecule has 2 aliphatic rings. The van der Waals surface area contributed by atoms with Crippen LogP contribution >= 0.6 is 0 Å². The van der Waals surface area contributed by atoms with Gasteiger partial charge in [0, 0.05) is 5.70 Å². The fraction of sp³-hybridized carbons (Fsp3) is 0.400. The van der Waals surface area contributed by atoms with Gasteiger partial charge in [-0.3, -0.25) is 0 Å².